The summed E-state index contributed by atoms with van der Waals surface area (Å²) in [5.41, 5.74) is 6.37. The van der Waals surface area contributed by atoms with Gasteiger partial charge in [0.15, 0.2) is 5.16 Å². The molecule has 0 saturated heterocycles. The van der Waals surface area contributed by atoms with Gasteiger partial charge in [-0.1, -0.05) is 23.9 Å². The molecule has 0 aliphatic rings. The Balaban J connectivity index is 1.85. The molecule has 0 spiro atoms. The highest BCUT2D eigenvalue weighted by Crippen LogP contribution is 2.28. The van der Waals surface area contributed by atoms with Crippen LogP contribution in [0.1, 0.15) is 11.1 Å². The number of thioether (sulfide) groups is 1. The van der Waals surface area contributed by atoms with Gasteiger partial charge in [-0.25, -0.2) is 14.4 Å². The van der Waals surface area contributed by atoms with E-state index in [0.29, 0.717) is 22.3 Å². The smallest absolute Gasteiger partial charge is 0.191 e. The van der Waals surface area contributed by atoms with Crippen LogP contribution in [0.25, 0.3) is 10.2 Å². The Morgan fingerprint density at radius 2 is 2.19 bits per heavy atom. The lowest BCUT2D eigenvalue weighted by atomic mass is 10.1. The lowest BCUT2D eigenvalue weighted by molar-refractivity contribution is 0.613. The number of nitriles is 1. The lowest BCUT2D eigenvalue weighted by Crippen LogP contribution is -1.96. The van der Waals surface area contributed by atoms with Gasteiger partial charge in [0.1, 0.15) is 22.5 Å². The predicted molar refractivity (Wildman–Crippen MR) is 82.5 cm³/mol. The summed E-state index contributed by atoms with van der Waals surface area (Å²) in [7, 11) is 0. The number of rotatable bonds is 3. The number of halogens is 1. The molecule has 0 bridgehead atoms. The normalized spacial score (nSPS) is 10.7. The summed E-state index contributed by atoms with van der Waals surface area (Å²) >= 11 is 2.78. The van der Waals surface area contributed by atoms with Crippen molar-refractivity contribution in [2.24, 2.45) is 0 Å². The first-order chi connectivity index (χ1) is 10.2. The maximum atomic E-state index is 14.0. The number of nitrogen functional groups attached to an aromatic ring is 1. The van der Waals surface area contributed by atoms with Gasteiger partial charge in [0.2, 0.25) is 0 Å². The number of aromatic nitrogens is 2. The molecule has 3 rings (SSSR count). The summed E-state index contributed by atoms with van der Waals surface area (Å²) < 4.78 is 14.0. The molecular formula is C14H9FN4S2. The van der Waals surface area contributed by atoms with E-state index < -0.39 is 5.82 Å². The van der Waals surface area contributed by atoms with Crippen molar-refractivity contribution in [2.45, 2.75) is 10.9 Å². The molecule has 0 radical (unpaired) electrons. The van der Waals surface area contributed by atoms with Gasteiger partial charge < -0.3 is 5.73 Å². The van der Waals surface area contributed by atoms with Crippen LogP contribution in [0, 0.1) is 17.1 Å². The standard InChI is InChI=1S/C14H9FN4S2/c15-11-8(6-16)2-1-3-9(11)7-21-14-18-12(17)10-4-5-20-13(10)19-14/h1-5H,7H2,(H2,17,18,19). The molecule has 1 aromatic carbocycles. The minimum atomic E-state index is -0.488. The number of nitrogens with zero attached hydrogens (tertiary/aromatic N) is 3. The predicted octanol–water partition coefficient (Wildman–Crippen LogP) is 3.58. The molecule has 4 nitrogen and oxygen atoms in total. The monoisotopic (exact) mass is 316 g/mol. The molecule has 0 aliphatic carbocycles. The Morgan fingerprint density at radius 1 is 1.33 bits per heavy atom. The lowest BCUT2D eigenvalue weighted by Gasteiger charge is -2.04. The summed E-state index contributed by atoms with van der Waals surface area (Å²) in [4.78, 5) is 9.41. The zero-order valence-electron chi connectivity index (χ0n) is 10.7. The Kier molecular flexibility index (Phi) is 3.73. The molecule has 2 heterocycles. The summed E-state index contributed by atoms with van der Waals surface area (Å²) in [6.07, 6.45) is 0. The zero-order chi connectivity index (χ0) is 14.8. The third kappa shape index (κ3) is 2.68. The molecule has 21 heavy (non-hydrogen) atoms. The molecule has 2 N–H and O–H groups in total. The molecular weight excluding hydrogens is 307 g/mol. The van der Waals surface area contributed by atoms with Crippen molar-refractivity contribution in [3.8, 4) is 6.07 Å². The third-order valence-electron chi connectivity index (χ3n) is 2.89. The van der Waals surface area contributed by atoms with Crippen LogP contribution in [0.4, 0.5) is 10.2 Å². The maximum absolute atomic E-state index is 14.0. The first-order valence-electron chi connectivity index (χ1n) is 6.00. The molecule has 7 heteroatoms. The van der Waals surface area contributed by atoms with Crippen LogP contribution < -0.4 is 5.73 Å². The molecule has 0 amide bonds. The van der Waals surface area contributed by atoms with E-state index in [1.165, 1.54) is 29.2 Å². The molecule has 0 aliphatic heterocycles. The summed E-state index contributed by atoms with van der Waals surface area (Å²) in [6.45, 7) is 0. The number of anilines is 1. The second-order valence-corrected chi connectivity index (χ2v) is 6.05. The fraction of sp³-hybridized carbons (Fsp3) is 0.0714. The average molecular weight is 316 g/mol. The van der Waals surface area contributed by atoms with Gasteiger partial charge in [0.05, 0.1) is 10.9 Å². The zero-order valence-corrected chi connectivity index (χ0v) is 12.3. The number of hydrogen-bond donors (Lipinski definition) is 1. The molecule has 0 atom stereocenters. The van der Waals surface area contributed by atoms with Gasteiger partial charge in [0, 0.05) is 5.75 Å². The van der Waals surface area contributed by atoms with Gasteiger partial charge in [0.25, 0.3) is 0 Å². The Bertz CT molecular complexity index is 854. The van der Waals surface area contributed by atoms with Crippen molar-refractivity contribution >= 4 is 39.1 Å². The number of hydrogen-bond acceptors (Lipinski definition) is 6. The minimum absolute atomic E-state index is 0.0437. The van der Waals surface area contributed by atoms with Crippen molar-refractivity contribution in [1.29, 1.82) is 5.26 Å². The van der Waals surface area contributed by atoms with E-state index >= 15 is 0 Å². The SMILES string of the molecule is N#Cc1cccc(CSc2nc(N)c3ccsc3n2)c1F. The van der Waals surface area contributed by atoms with Gasteiger partial charge in [-0.3, -0.25) is 0 Å². The largest absolute Gasteiger partial charge is 0.383 e. The fourth-order valence-corrected chi connectivity index (χ4v) is 3.50. The van der Waals surface area contributed by atoms with Crippen molar-refractivity contribution in [2.75, 3.05) is 5.73 Å². The topological polar surface area (TPSA) is 75.6 Å². The molecule has 0 fully saturated rings. The van der Waals surface area contributed by atoms with Crippen LogP contribution in [-0.4, -0.2) is 9.97 Å². The van der Waals surface area contributed by atoms with E-state index in [4.69, 9.17) is 11.0 Å². The van der Waals surface area contributed by atoms with Crippen LogP contribution in [0.15, 0.2) is 34.8 Å². The highest BCUT2D eigenvalue weighted by Gasteiger charge is 2.11. The summed E-state index contributed by atoms with van der Waals surface area (Å²) in [5.74, 6) is 0.283. The molecule has 3 aromatic rings. The molecule has 0 unspecified atom stereocenters. The highest BCUT2D eigenvalue weighted by atomic mass is 32.2. The second kappa shape index (κ2) is 5.68. The van der Waals surface area contributed by atoms with Crippen molar-refractivity contribution < 1.29 is 4.39 Å². The molecule has 0 saturated carbocycles. The van der Waals surface area contributed by atoms with Crippen LogP contribution in [0.2, 0.25) is 0 Å². The maximum Gasteiger partial charge on any atom is 0.191 e. The number of nitrogens with two attached hydrogens (primary N) is 1. The van der Waals surface area contributed by atoms with Gasteiger partial charge >= 0.3 is 0 Å². The van der Waals surface area contributed by atoms with Crippen LogP contribution >= 0.6 is 23.1 Å². The van der Waals surface area contributed by atoms with Crippen molar-refractivity contribution in [3.63, 3.8) is 0 Å². The summed E-state index contributed by atoms with van der Waals surface area (Å²) in [5, 5.41) is 12.1. The fourth-order valence-electron chi connectivity index (χ4n) is 1.84. The van der Waals surface area contributed by atoms with Crippen LogP contribution in [0.5, 0.6) is 0 Å². The van der Waals surface area contributed by atoms with E-state index in [-0.39, 0.29) is 5.56 Å². The average Bonchev–Trinajstić information content (AvgIpc) is 2.95. The van der Waals surface area contributed by atoms with Gasteiger partial charge in [-0.15, -0.1) is 11.3 Å². The van der Waals surface area contributed by atoms with Crippen LogP contribution in [-0.2, 0) is 5.75 Å². The first-order valence-corrected chi connectivity index (χ1v) is 7.86. The van der Waals surface area contributed by atoms with E-state index in [0.717, 1.165) is 10.2 Å². The number of thiophene rings is 1. The highest BCUT2D eigenvalue weighted by molar-refractivity contribution is 7.98. The summed E-state index contributed by atoms with van der Waals surface area (Å²) in [6, 6.07) is 8.47. The van der Waals surface area contributed by atoms with E-state index in [1.807, 2.05) is 17.5 Å². The Labute approximate surface area is 128 Å². The first kappa shape index (κ1) is 13.8. The van der Waals surface area contributed by atoms with Crippen LogP contribution in [0.3, 0.4) is 0 Å². The molecule has 2 aromatic heterocycles. The van der Waals surface area contributed by atoms with E-state index in [2.05, 4.69) is 9.97 Å². The number of benzene rings is 1. The minimum Gasteiger partial charge on any atom is -0.383 e. The Hall–Kier alpha value is -2.17. The van der Waals surface area contributed by atoms with Gasteiger partial charge in [-0.2, -0.15) is 5.26 Å². The van der Waals surface area contributed by atoms with Gasteiger partial charge in [-0.05, 0) is 23.1 Å². The quantitative estimate of drug-likeness (QED) is 0.590. The van der Waals surface area contributed by atoms with Crippen molar-refractivity contribution in [3.05, 3.63) is 46.6 Å². The van der Waals surface area contributed by atoms with Crippen molar-refractivity contribution in [1.82, 2.24) is 9.97 Å². The third-order valence-corrected chi connectivity index (χ3v) is 4.59. The van der Waals surface area contributed by atoms with E-state index in [9.17, 15) is 4.39 Å². The number of fused-ring (bicyclic) bond motifs is 1. The second-order valence-electron chi connectivity index (χ2n) is 4.21. The van der Waals surface area contributed by atoms with E-state index in [1.54, 1.807) is 12.1 Å². The molecule has 104 valence electrons. The Morgan fingerprint density at radius 3 is 3.00 bits per heavy atom.